The van der Waals surface area contributed by atoms with Gasteiger partial charge in [0.25, 0.3) is 5.91 Å². The summed E-state index contributed by atoms with van der Waals surface area (Å²) in [5.41, 5.74) is 1.82. The Labute approximate surface area is 166 Å². The maximum Gasteiger partial charge on any atom is 0.282 e. The smallest absolute Gasteiger partial charge is 0.282 e. The lowest BCUT2D eigenvalue weighted by Gasteiger charge is -2.32. The summed E-state index contributed by atoms with van der Waals surface area (Å²) in [6.07, 6.45) is 3.29. The number of amides is 1. The summed E-state index contributed by atoms with van der Waals surface area (Å²) >= 11 is 0. The van der Waals surface area contributed by atoms with Crippen LogP contribution in [0.25, 0.3) is 0 Å². The molecule has 1 saturated heterocycles. The average molecular weight is 403 g/mol. The molecule has 2 aromatic rings. The molecule has 0 saturated carbocycles. The fraction of sp³-hybridized carbons (Fsp3) is 0.381. The van der Waals surface area contributed by atoms with Crippen LogP contribution in [0.3, 0.4) is 0 Å². The van der Waals surface area contributed by atoms with Gasteiger partial charge in [-0.05, 0) is 55.9 Å². The van der Waals surface area contributed by atoms with E-state index in [1.54, 1.807) is 12.1 Å². The Bertz CT molecular complexity index is 908. The van der Waals surface area contributed by atoms with Gasteiger partial charge in [0.2, 0.25) is 10.0 Å². The van der Waals surface area contributed by atoms with Crippen LogP contribution in [0.15, 0.2) is 59.5 Å². The van der Waals surface area contributed by atoms with Gasteiger partial charge >= 0.3 is 0 Å². The number of piperidine rings is 1. The van der Waals surface area contributed by atoms with Crippen LogP contribution < -0.4 is 15.4 Å². The first-order chi connectivity index (χ1) is 13.3. The van der Waals surface area contributed by atoms with Gasteiger partial charge in [-0.25, -0.2) is 13.6 Å². The van der Waals surface area contributed by atoms with Gasteiger partial charge in [0, 0.05) is 5.69 Å². The fourth-order valence-electron chi connectivity index (χ4n) is 3.82. The highest BCUT2D eigenvalue weighted by molar-refractivity contribution is 7.89. The summed E-state index contributed by atoms with van der Waals surface area (Å²) in [5.74, 6) is 0.552. The topological polar surface area (TPSA) is 93.7 Å². The zero-order chi connectivity index (χ0) is 20.1. The van der Waals surface area contributed by atoms with Gasteiger partial charge in [-0.3, -0.25) is 4.79 Å². The number of nitrogens with two attached hydrogens (primary N) is 1. The molecule has 150 valence electrons. The largest absolute Gasteiger partial charge is 0.325 e. The molecule has 0 radical (unpaired) electrons. The third-order valence-corrected chi connectivity index (χ3v) is 6.46. The molecule has 1 amide bonds. The van der Waals surface area contributed by atoms with Crippen molar-refractivity contribution in [3.05, 3.63) is 60.2 Å². The van der Waals surface area contributed by atoms with Crippen LogP contribution in [-0.2, 0) is 21.2 Å². The maximum absolute atomic E-state index is 12.6. The van der Waals surface area contributed by atoms with Crippen molar-refractivity contribution in [2.45, 2.75) is 37.1 Å². The third kappa shape index (κ3) is 5.41. The average Bonchev–Trinajstić information content (AvgIpc) is 2.68. The number of hydrogen-bond donors (Lipinski definition) is 3. The summed E-state index contributed by atoms with van der Waals surface area (Å²) < 4.78 is 22.9. The predicted molar refractivity (Wildman–Crippen MR) is 109 cm³/mol. The predicted octanol–water partition coefficient (Wildman–Crippen LogP) is 1.20. The second-order valence-corrected chi connectivity index (χ2v) is 9.14. The quantitative estimate of drug-likeness (QED) is 0.678. The number of nitrogens with one attached hydrogen (secondary N) is 2. The highest BCUT2D eigenvalue weighted by atomic mass is 32.2. The lowest BCUT2D eigenvalue weighted by Crippen LogP contribution is -3.17. The van der Waals surface area contributed by atoms with E-state index >= 15 is 0 Å². The summed E-state index contributed by atoms with van der Waals surface area (Å²) in [4.78, 5) is 13.9. The first-order valence-electron chi connectivity index (χ1n) is 9.65. The molecule has 4 N–H and O–H groups in total. The van der Waals surface area contributed by atoms with Gasteiger partial charge in [-0.15, -0.1) is 0 Å². The maximum atomic E-state index is 12.6. The van der Waals surface area contributed by atoms with Gasteiger partial charge in [0.05, 0.1) is 18.0 Å². The second kappa shape index (κ2) is 8.86. The Morgan fingerprint density at radius 1 is 1.14 bits per heavy atom. The molecule has 2 aromatic carbocycles. The van der Waals surface area contributed by atoms with Crippen molar-refractivity contribution in [1.82, 2.24) is 0 Å². The van der Waals surface area contributed by atoms with Crippen LogP contribution in [0, 0.1) is 5.92 Å². The van der Waals surface area contributed by atoms with E-state index in [2.05, 4.69) is 29.6 Å². The van der Waals surface area contributed by atoms with Crippen LogP contribution in [0.4, 0.5) is 5.69 Å². The first-order valence-corrected chi connectivity index (χ1v) is 11.2. The van der Waals surface area contributed by atoms with Crippen molar-refractivity contribution >= 4 is 21.6 Å². The Morgan fingerprint density at radius 3 is 2.46 bits per heavy atom. The van der Waals surface area contributed by atoms with Gasteiger partial charge in [-0.1, -0.05) is 36.4 Å². The minimum absolute atomic E-state index is 0.00738. The Hall–Kier alpha value is -2.22. The number of likely N-dealkylation sites (tertiary alicyclic amines) is 1. The summed E-state index contributed by atoms with van der Waals surface area (Å²) in [6, 6.07) is 16.4. The Kier molecular flexibility index (Phi) is 6.49. The molecule has 1 fully saturated rings. The van der Waals surface area contributed by atoms with E-state index in [9.17, 15) is 13.2 Å². The molecule has 7 heteroatoms. The van der Waals surface area contributed by atoms with Crippen LogP contribution in [0.1, 0.15) is 25.3 Å². The molecule has 1 heterocycles. The van der Waals surface area contributed by atoms with Crippen molar-refractivity contribution in [1.29, 1.82) is 0 Å². The van der Waals surface area contributed by atoms with Crippen molar-refractivity contribution in [3.63, 3.8) is 0 Å². The number of carbonyl (C=O) groups excluding carboxylic acids is 1. The monoisotopic (exact) mass is 402 g/mol. The molecule has 3 rings (SSSR count). The standard InChI is InChI=1S/C21H27N3O3S/c1-16(21(25)23-19-8-5-9-20(15-19)28(22,26)27)24-12-10-18(11-13-24)14-17-6-3-2-4-7-17/h2-9,15-16,18H,10-14H2,1H3,(H,23,25)(H2,22,26,27)/p+1/t16-/m0/s1. The molecule has 1 aliphatic rings. The normalized spacial score (nSPS) is 21.1. The second-order valence-electron chi connectivity index (χ2n) is 7.58. The number of anilines is 1. The molecular formula is C21H28N3O3S+. The van der Waals surface area contributed by atoms with Crippen LogP contribution in [0.2, 0.25) is 0 Å². The molecule has 6 nitrogen and oxygen atoms in total. The van der Waals surface area contributed by atoms with E-state index in [-0.39, 0.29) is 16.8 Å². The number of hydrogen-bond acceptors (Lipinski definition) is 3. The number of carbonyl (C=O) groups is 1. The van der Waals surface area contributed by atoms with Crippen molar-refractivity contribution in [2.24, 2.45) is 11.1 Å². The highest BCUT2D eigenvalue weighted by Crippen LogP contribution is 2.17. The molecule has 0 aliphatic carbocycles. The Balaban J connectivity index is 1.53. The fourth-order valence-corrected chi connectivity index (χ4v) is 4.38. The molecule has 0 aromatic heterocycles. The van der Waals surface area contributed by atoms with Gasteiger partial charge < -0.3 is 10.2 Å². The van der Waals surface area contributed by atoms with Gasteiger partial charge in [-0.2, -0.15) is 0 Å². The minimum atomic E-state index is -3.79. The summed E-state index contributed by atoms with van der Waals surface area (Å²) in [6.45, 7) is 3.85. The number of sulfonamides is 1. The SMILES string of the molecule is C[C@@H](C(=O)Nc1cccc(S(N)(=O)=O)c1)[NH+]1CCC(Cc2ccccc2)CC1. The molecule has 0 bridgehead atoms. The van der Waals surface area contributed by atoms with E-state index in [1.807, 2.05) is 13.0 Å². The number of benzene rings is 2. The van der Waals surface area contributed by atoms with Crippen molar-refractivity contribution in [3.8, 4) is 0 Å². The van der Waals surface area contributed by atoms with E-state index in [0.717, 1.165) is 32.4 Å². The highest BCUT2D eigenvalue weighted by Gasteiger charge is 2.30. The Morgan fingerprint density at radius 2 is 1.82 bits per heavy atom. The molecule has 0 spiro atoms. The van der Waals surface area contributed by atoms with E-state index < -0.39 is 10.0 Å². The zero-order valence-corrected chi connectivity index (χ0v) is 16.9. The van der Waals surface area contributed by atoms with Crippen LogP contribution in [0.5, 0.6) is 0 Å². The minimum Gasteiger partial charge on any atom is -0.325 e. The number of primary sulfonamides is 1. The summed E-state index contributed by atoms with van der Waals surface area (Å²) in [7, 11) is -3.79. The van der Waals surface area contributed by atoms with E-state index in [0.29, 0.717) is 11.6 Å². The van der Waals surface area contributed by atoms with Gasteiger partial charge in [0.15, 0.2) is 6.04 Å². The van der Waals surface area contributed by atoms with E-state index in [4.69, 9.17) is 5.14 Å². The third-order valence-electron chi connectivity index (χ3n) is 5.55. The molecule has 1 atom stereocenters. The van der Waals surface area contributed by atoms with Crippen LogP contribution >= 0.6 is 0 Å². The molecule has 1 aliphatic heterocycles. The van der Waals surface area contributed by atoms with Crippen molar-refractivity contribution < 1.29 is 18.1 Å². The zero-order valence-electron chi connectivity index (χ0n) is 16.1. The first kappa shape index (κ1) is 20.5. The molecular weight excluding hydrogens is 374 g/mol. The van der Waals surface area contributed by atoms with Crippen LogP contribution in [-0.4, -0.2) is 33.5 Å². The van der Waals surface area contributed by atoms with E-state index in [1.165, 1.54) is 22.6 Å². The number of rotatable bonds is 6. The molecule has 28 heavy (non-hydrogen) atoms. The lowest BCUT2D eigenvalue weighted by molar-refractivity contribution is -0.919. The summed E-state index contributed by atoms with van der Waals surface area (Å²) in [5, 5.41) is 7.98. The van der Waals surface area contributed by atoms with Crippen molar-refractivity contribution in [2.75, 3.05) is 18.4 Å². The molecule has 0 unspecified atom stereocenters. The number of quaternary nitrogens is 1. The van der Waals surface area contributed by atoms with Gasteiger partial charge in [0.1, 0.15) is 0 Å². The lowest BCUT2D eigenvalue weighted by atomic mass is 9.89.